The minimum Gasteiger partial charge on any atom is -0.375 e. The molecule has 1 spiro atoms. The first-order valence-corrected chi connectivity index (χ1v) is 11.0. The normalized spacial score (nSPS) is 32.1. The summed E-state index contributed by atoms with van der Waals surface area (Å²) >= 11 is 0. The Morgan fingerprint density at radius 3 is 2.18 bits per heavy atom. The fourth-order valence-electron chi connectivity index (χ4n) is 5.91. The standard InChI is InChI=1S/C23H30N2O3/c26-21-19-5-1-2-6-20(19)22(27)25(21)18-9-7-16(8-10-18)24-17-11-14-28-23(15-17)12-3-4-13-23/h1-2,5-6,16-18,24H,3-4,7-15H2/t16?,17-,18?/m0/s1. The van der Waals surface area contributed by atoms with Crippen molar-refractivity contribution in [2.45, 2.75) is 87.9 Å². The van der Waals surface area contributed by atoms with E-state index in [1.807, 2.05) is 12.1 Å². The number of hydrogen-bond donors (Lipinski definition) is 1. The number of rotatable bonds is 3. The first-order chi connectivity index (χ1) is 13.7. The maximum absolute atomic E-state index is 12.7. The van der Waals surface area contributed by atoms with E-state index in [9.17, 15) is 9.59 Å². The molecule has 2 heterocycles. The summed E-state index contributed by atoms with van der Waals surface area (Å²) in [7, 11) is 0. The van der Waals surface area contributed by atoms with Gasteiger partial charge in [-0.1, -0.05) is 25.0 Å². The van der Waals surface area contributed by atoms with Crippen molar-refractivity contribution in [3.05, 3.63) is 35.4 Å². The highest BCUT2D eigenvalue weighted by Crippen LogP contribution is 2.40. The molecule has 2 saturated carbocycles. The lowest BCUT2D eigenvalue weighted by Gasteiger charge is -2.41. The Balaban J connectivity index is 1.17. The highest BCUT2D eigenvalue weighted by Gasteiger charge is 2.42. The molecule has 3 fully saturated rings. The number of ether oxygens (including phenoxy) is 1. The molecule has 2 aliphatic heterocycles. The largest absolute Gasteiger partial charge is 0.375 e. The lowest BCUT2D eigenvalue weighted by atomic mass is 9.86. The molecule has 0 aromatic heterocycles. The number of benzene rings is 1. The van der Waals surface area contributed by atoms with Gasteiger partial charge in [0.25, 0.3) is 11.8 Å². The average Bonchev–Trinajstić information content (AvgIpc) is 3.26. The Morgan fingerprint density at radius 1 is 0.893 bits per heavy atom. The molecule has 1 saturated heterocycles. The predicted molar refractivity (Wildman–Crippen MR) is 106 cm³/mol. The van der Waals surface area contributed by atoms with Crippen LogP contribution in [-0.2, 0) is 4.74 Å². The molecule has 0 bridgehead atoms. The van der Waals surface area contributed by atoms with Crippen LogP contribution >= 0.6 is 0 Å². The summed E-state index contributed by atoms with van der Waals surface area (Å²) in [5.74, 6) is -0.214. The van der Waals surface area contributed by atoms with Crippen molar-refractivity contribution in [3.63, 3.8) is 0 Å². The van der Waals surface area contributed by atoms with E-state index in [0.29, 0.717) is 23.2 Å². The average molecular weight is 383 g/mol. The zero-order chi connectivity index (χ0) is 19.1. The molecular weight excluding hydrogens is 352 g/mol. The molecule has 0 radical (unpaired) electrons. The van der Waals surface area contributed by atoms with E-state index in [-0.39, 0.29) is 23.5 Å². The quantitative estimate of drug-likeness (QED) is 0.811. The van der Waals surface area contributed by atoms with Gasteiger partial charge in [0.05, 0.1) is 16.7 Å². The molecule has 1 atom stereocenters. The molecule has 1 aromatic carbocycles. The Kier molecular flexibility index (Phi) is 4.76. The molecule has 1 N–H and O–H groups in total. The van der Waals surface area contributed by atoms with Crippen molar-refractivity contribution in [2.75, 3.05) is 6.61 Å². The van der Waals surface area contributed by atoms with Gasteiger partial charge in [-0.15, -0.1) is 0 Å². The summed E-state index contributed by atoms with van der Waals surface area (Å²) in [5, 5.41) is 3.89. The van der Waals surface area contributed by atoms with Crippen LogP contribution in [0.2, 0.25) is 0 Å². The van der Waals surface area contributed by atoms with Gasteiger partial charge in [0.15, 0.2) is 0 Å². The summed E-state index contributed by atoms with van der Waals surface area (Å²) in [5.41, 5.74) is 1.28. The van der Waals surface area contributed by atoms with Crippen molar-refractivity contribution in [1.29, 1.82) is 0 Å². The van der Waals surface area contributed by atoms with Crippen LogP contribution in [0, 0.1) is 0 Å². The van der Waals surface area contributed by atoms with Crippen LogP contribution in [0.1, 0.15) is 84.9 Å². The second kappa shape index (κ2) is 7.27. The monoisotopic (exact) mass is 382 g/mol. The summed E-state index contributed by atoms with van der Waals surface area (Å²) in [6.45, 7) is 0.877. The van der Waals surface area contributed by atoms with E-state index in [1.54, 1.807) is 12.1 Å². The van der Waals surface area contributed by atoms with Crippen molar-refractivity contribution < 1.29 is 14.3 Å². The maximum Gasteiger partial charge on any atom is 0.261 e. The van der Waals surface area contributed by atoms with Crippen LogP contribution in [-0.4, -0.2) is 47.0 Å². The van der Waals surface area contributed by atoms with Gasteiger partial charge in [0.2, 0.25) is 0 Å². The molecule has 5 heteroatoms. The third-order valence-corrected chi connectivity index (χ3v) is 7.37. The zero-order valence-electron chi connectivity index (χ0n) is 16.5. The molecular formula is C23H30N2O3. The molecule has 0 unspecified atom stereocenters. The molecule has 5 rings (SSSR count). The lowest BCUT2D eigenvalue weighted by molar-refractivity contribution is -0.0852. The fraction of sp³-hybridized carbons (Fsp3) is 0.652. The van der Waals surface area contributed by atoms with Crippen molar-refractivity contribution in [2.24, 2.45) is 0 Å². The SMILES string of the molecule is O=C1c2ccccc2C(=O)N1C1CCC(N[C@H]2CCOC3(CCCC3)C2)CC1. The zero-order valence-corrected chi connectivity index (χ0v) is 16.5. The molecule has 5 nitrogen and oxygen atoms in total. The van der Waals surface area contributed by atoms with Crippen LogP contribution in [0.5, 0.6) is 0 Å². The third-order valence-electron chi connectivity index (χ3n) is 7.37. The van der Waals surface area contributed by atoms with Gasteiger partial charge in [-0.25, -0.2) is 0 Å². The van der Waals surface area contributed by atoms with Crippen LogP contribution in [0.4, 0.5) is 0 Å². The first kappa shape index (κ1) is 18.3. The Morgan fingerprint density at radius 2 is 1.54 bits per heavy atom. The Hall–Kier alpha value is -1.72. The second-order valence-corrected chi connectivity index (χ2v) is 9.13. The van der Waals surface area contributed by atoms with E-state index in [1.165, 1.54) is 30.6 Å². The number of carbonyl (C=O) groups excluding carboxylic acids is 2. The topological polar surface area (TPSA) is 58.6 Å². The van der Waals surface area contributed by atoms with Crippen molar-refractivity contribution in [3.8, 4) is 0 Å². The van der Waals surface area contributed by atoms with Crippen molar-refractivity contribution in [1.82, 2.24) is 10.2 Å². The van der Waals surface area contributed by atoms with Gasteiger partial charge in [-0.2, -0.15) is 0 Å². The van der Waals surface area contributed by atoms with Gasteiger partial charge < -0.3 is 10.1 Å². The highest BCUT2D eigenvalue weighted by molar-refractivity contribution is 6.21. The molecule has 4 aliphatic rings. The van der Waals surface area contributed by atoms with Crippen LogP contribution < -0.4 is 5.32 Å². The van der Waals surface area contributed by atoms with Gasteiger partial charge in [-0.05, 0) is 63.5 Å². The summed E-state index contributed by atoms with van der Waals surface area (Å²) in [6, 6.07) is 8.29. The van der Waals surface area contributed by atoms with E-state index in [2.05, 4.69) is 5.32 Å². The number of imide groups is 1. The van der Waals surface area contributed by atoms with E-state index in [4.69, 9.17) is 4.74 Å². The Labute approximate surface area is 166 Å². The van der Waals surface area contributed by atoms with E-state index < -0.39 is 0 Å². The number of nitrogens with one attached hydrogen (secondary N) is 1. The van der Waals surface area contributed by atoms with Crippen LogP contribution in [0.25, 0.3) is 0 Å². The van der Waals surface area contributed by atoms with Gasteiger partial charge >= 0.3 is 0 Å². The molecule has 28 heavy (non-hydrogen) atoms. The van der Waals surface area contributed by atoms with Gasteiger partial charge in [-0.3, -0.25) is 14.5 Å². The highest BCUT2D eigenvalue weighted by atomic mass is 16.5. The minimum absolute atomic E-state index is 0.0429. The Bertz CT molecular complexity index is 728. The first-order valence-electron chi connectivity index (χ1n) is 11.0. The summed E-state index contributed by atoms with van der Waals surface area (Å²) in [4.78, 5) is 27.0. The predicted octanol–water partition coefficient (Wildman–Crippen LogP) is 3.68. The smallest absolute Gasteiger partial charge is 0.261 e. The number of nitrogens with zero attached hydrogens (tertiary/aromatic N) is 1. The summed E-state index contributed by atoms with van der Waals surface area (Å²) in [6.07, 6.45) is 11.1. The fourth-order valence-corrected chi connectivity index (χ4v) is 5.91. The molecule has 150 valence electrons. The van der Waals surface area contributed by atoms with Crippen molar-refractivity contribution >= 4 is 11.8 Å². The van der Waals surface area contributed by atoms with Gasteiger partial charge in [0, 0.05) is 24.7 Å². The van der Waals surface area contributed by atoms with E-state index >= 15 is 0 Å². The number of amides is 2. The van der Waals surface area contributed by atoms with Crippen LogP contribution in [0.15, 0.2) is 24.3 Å². The van der Waals surface area contributed by atoms with Gasteiger partial charge in [0.1, 0.15) is 0 Å². The van der Waals surface area contributed by atoms with E-state index in [0.717, 1.165) is 45.1 Å². The molecule has 1 aromatic rings. The third kappa shape index (κ3) is 3.18. The summed E-state index contributed by atoms with van der Waals surface area (Å²) < 4.78 is 6.16. The minimum atomic E-state index is -0.107. The second-order valence-electron chi connectivity index (χ2n) is 9.13. The maximum atomic E-state index is 12.7. The number of carbonyl (C=O) groups is 2. The lowest BCUT2D eigenvalue weighted by Crippen LogP contribution is -2.51. The molecule has 2 aliphatic carbocycles. The van der Waals surface area contributed by atoms with Crippen LogP contribution in [0.3, 0.4) is 0 Å². The number of fused-ring (bicyclic) bond motifs is 1. The number of hydrogen-bond acceptors (Lipinski definition) is 4. The molecule has 2 amide bonds.